The number of halogens is 1. The summed E-state index contributed by atoms with van der Waals surface area (Å²) in [4.78, 5) is 0. The zero-order chi connectivity index (χ0) is 6.62. The lowest BCUT2D eigenvalue weighted by Crippen LogP contribution is -2.14. The van der Waals surface area contributed by atoms with Gasteiger partial charge in [-0.3, -0.25) is 0 Å². The van der Waals surface area contributed by atoms with Gasteiger partial charge in [-0.25, -0.2) is 0 Å². The maximum atomic E-state index is 12.4. The second-order valence-electron chi connectivity index (χ2n) is 1.47. The van der Waals surface area contributed by atoms with Crippen molar-refractivity contribution in [2.24, 2.45) is 0 Å². The van der Waals surface area contributed by atoms with E-state index in [9.17, 15) is 4.39 Å². The van der Waals surface area contributed by atoms with Crippen molar-refractivity contribution >= 4 is 0 Å². The molecular weight excluding hydrogens is 107 g/mol. The predicted molar refractivity (Wildman–Crippen MR) is 31.0 cm³/mol. The van der Waals surface area contributed by atoms with Crippen molar-refractivity contribution < 1.29 is 9.13 Å². The molecule has 0 bridgehead atoms. The van der Waals surface area contributed by atoms with E-state index in [1.165, 1.54) is 6.92 Å². The number of hydrogen-bond acceptors (Lipinski definition) is 1. The molecule has 1 unspecified atom stereocenters. The van der Waals surface area contributed by atoms with Gasteiger partial charge < -0.3 is 4.74 Å². The van der Waals surface area contributed by atoms with Crippen LogP contribution in [0.4, 0.5) is 4.39 Å². The summed E-state index contributed by atoms with van der Waals surface area (Å²) >= 11 is 0. The van der Waals surface area contributed by atoms with Gasteiger partial charge in [0.1, 0.15) is 0 Å². The van der Waals surface area contributed by atoms with Crippen molar-refractivity contribution in [2.75, 3.05) is 0 Å². The predicted octanol–water partition coefficient (Wildman–Crippen LogP) is 2.02. The highest BCUT2D eigenvalue weighted by molar-refractivity contribution is 4.85. The Hall–Kier alpha value is -0.790. The normalized spacial score (nSPS) is 16.2. The Kier molecular flexibility index (Phi) is 2.25. The second kappa shape index (κ2) is 2.50. The highest BCUT2D eigenvalue weighted by Crippen LogP contribution is 2.11. The van der Waals surface area contributed by atoms with Gasteiger partial charge in [-0.1, -0.05) is 13.2 Å². The third-order valence-corrected chi connectivity index (χ3v) is 0.678. The SMILES string of the molecule is C=COC(C)(F)C=C. The van der Waals surface area contributed by atoms with Crippen molar-refractivity contribution in [1.82, 2.24) is 0 Å². The van der Waals surface area contributed by atoms with Gasteiger partial charge in [0.15, 0.2) is 0 Å². The van der Waals surface area contributed by atoms with E-state index in [-0.39, 0.29) is 0 Å². The first kappa shape index (κ1) is 7.21. The van der Waals surface area contributed by atoms with Crippen LogP contribution < -0.4 is 0 Å². The van der Waals surface area contributed by atoms with E-state index in [1.54, 1.807) is 0 Å². The van der Waals surface area contributed by atoms with Gasteiger partial charge in [-0.2, -0.15) is 4.39 Å². The van der Waals surface area contributed by atoms with E-state index in [4.69, 9.17) is 0 Å². The van der Waals surface area contributed by atoms with Crippen LogP contribution in [0, 0.1) is 0 Å². The first-order valence-electron chi connectivity index (χ1n) is 2.23. The Bertz CT molecular complexity index is 96.7. The molecular formula is C6H9FO. The lowest BCUT2D eigenvalue weighted by atomic mass is 10.4. The molecule has 0 aromatic carbocycles. The highest BCUT2D eigenvalue weighted by atomic mass is 19.2. The van der Waals surface area contributed by atoms with Gasteiger partial charge in [0.05, 0.1) is 6.26 Å². The fraction of sp³-hybridized carbons (Fsp3) is 0.333. The van der Waals surface area contributed by atoms with Crippen LogP contribution in [0.25, 0.3) is 0 Å². The molecule has 0 aromatic rings. The number of hydrogen-bond donors (Lipinski definition) is 0. The lowest BCUT2D eigenvalue weighted by molar-refractivity contribution is -0.0354. The molecule has 1 nitrogen and oxygen atoms in total. The Balaban J connectivity index is 3.70. The van der Waals surface area contributed by atoms with Gasteiger partial charge in [0.2, 0.25) is 0 Å². The Morgan fingerprint density at radius 3 is 2.25 bits per heavy atom. The van der Waals surface area contributed by atoms with Gasteiger partial charge in [0, 0.05) is 6.92 Å². The van der Waals surface area contributed by atoms with E-state index in [1.807, 2.05) is 0 Å². The van der Waals surface area contributed by atoms with Crippen molar-refractivity contribution in [3.05, 3.63) is 25.5 Å². The highest BCUT2D eigenvalue weighted by Gasteiger charge is 2.15. The van der Waals surface area contributed by atoms with Crippen molar-refractivity contribution in [3.8, 4) is 0 Å². The minimum absolute atomic E-state index is 1.04. The van der Waals surface area contributed by atoms with E-state index >= 15 is 0 Å². The quantitative estimate of drug-likeness (QED) is 0.405. The zero-order valence-corrected chi connectivity index (χ0v) is 4.86. The molecule has 0 fully saturated rings. The molecule has 0 aliphatic heterocycles. The first-order chi connectivity index (χ1) is 3.62. The maximum Gasteiger partial charge on any atom is 0.263 e. The lowest BCUT2D eigenvalue weighted by Gasteiger charge is -2.12. The molecule has 2 heteroatoms. The van der Waals surface area contributed by atoms with Crippen LogP contribution in [0.5, 0.6) is 0 Å². The average molecular weight is 116 g/mol. The summed E-state index contributed by atoms with van der Waals surface area (Å²) in [6, 6.07) is 0. The summed E-state index contributed by atoms with van der Waals surface area (Å²) in [5.41, 5.74) is 0. The smallest absolute Gasteiger partial charge is 0.263 e. The van der Waals surface area contributed by atoms with Crippen LogP contribution in [0.15, 0.2) is 25.5 Å². The molecule has 0 radical (unpaired) electrons. The van der Waals surface area contributed by atoms with Gasteiger partial charge in [0.25, 0.3) is 5.85 Å². The molecule has 0 spiro atoms. The molecule has 0 heterocycles. The van der Waals surface area contributed by atoms with Crippen LogP contribution in [0.2, 0.25) is 0 Å². The number of ether oxygens (including phenoxy) is 1. The van der Waals surface area contributed by atoms with E-state index in [0.29, 0.717) is 0 Å². The Morgan fingerprint density at radius 2 is 2.12 bits per heavy atom. The molecule has 0 N–H and O–H groups in total. The zero-order valence-electron chi connectivity index (χ0n) is 4.86. The summed E-state index contributed by atoms with van der Waals surface area (Å²) in [6.07, 6.45) is 2.11. The monoisotopic (exact) mass is 116 g/mol. The molecule has 0 aliphatic carbocycles. The van der Waals surface area contributed by atoms with Gasteiger partial charge in [-0.05, 0) is 6.08 Å². The van der Waals surface area contributed by atoms with Crippen LogP contribution >= 0.6 is 0 Å². The van der Waals surface area contributed by atoms with Crippen LogP contribution in [-0.2, 0) is 4.74 Å². The van der Waals surface area contributed by atoms with Crippen LogP contribution in [0.1, 0.15) is 6.92 Å². The third-order valence-electron chi connectivity index (χ3n) is 0.678. The van der Waals surface area contributed by atoms with Gasteiger partial charge in [-0.15, -0.1) is 0 Å². The molecule has 46 valence electrons. The topological polar surface area (TPSA) is 9.23 Å². The summed E-state index contributed by atoms with van der Waals surface area (Å²) < 4.78 is 16.8. The maximum absolute atomic E-state index is 12.4. The average Bonchev–Trinajstić information content (AvgIpc) is 1.67. The first-order valence-corrected chi connectivity index (χ1v) is 2.23. The minimum atomic E-state index is -1.76. The van der Waals surface area contributed by atoms with E-state index < -0.39 is 5.85 Å². The summed E-state index contributed by atoms with van der Waals surface area (Å²) in [6.45, 7) is 7.64. The van der Waals surface area contributed by atoms with Crippen molar-refractivity contribution in [1.29, 1.82) is 0 Å². The Morgan fingerprint density at radius 1 is 1.62 bits per heavy atom. The van der Waals surface area contributed by atoms with E-state index in [0.717, 1.165) is 12.3 Å². The molecule has 0 saturated carbocycles. The van der Waals surface area contributed by atoms with Crippen LogP contribution in [-0.4, -0.2) is 5.85 Å². The summed E-state index contributed by atoms with van der Waals surface area (Å²) in [5, 5.41) is 0. The fourth-order valence-electron chi connectivity index (χ4n) is 0.211. The molecule has 0 rings (SSSR count). The summed E-state index contributed by atoms with van der Waals surface area (Å²) in [7, 11) is 0. The molecule has 0 saturated heterocycles. The minimum Gasteiger partial charge on any atom is -0.463 e. The molecule has 1 atom stereocenters. The third kappa shape index (κ3) is 2.39. The van der Waals surface area contributed by atoms with E-state index in [2.05, 4.69) is 17.9 Å². The molecule has 0 aromatic heterocycles. The molecule has 0 aliphatic rings. The van der Waals surface area contributed by atoms with Gasteiger partial charge >= 0.3 is 0 Å². The fourth-order valence-corrected chi connectivity index (χ4v) is 0.211. The molecule has 0 amide bonds. The summed E-state index contributed by atoms with van der Waals surface area (Å²) in [5.74, 6) is -1.76. The second-order valence-corrected chi connectivity index (χ2v) is 1.47. The number of rotatable bonds is 3. The van der Waals surface area contributed by atoms with Crippen molar-refractivity contribution in [3.63, 3.8) is 0 Å². The van der Waals surface area contributed by atoms with Crippen molar-refractivity contribution in [2.45, 2.75) is 12.8 Å². The molecule has 8 heavy (non-hydrogen) atoms. The Labute approximate surface area is 48.5 Å². The van der Waals surface area contributed by atoms with Crippen LogP contribution in [0.3, 0.4) is 0 Å². The number of alkyl halides is 1. The standard InChI is InChI=1S/C6H9FO/c1-4-6(3,7)8-5-2/h4-5H,1-2H2,3H3. The largest absolute Gasteiger partial charge is 0.463 e.